The van der Waals surface area contributed by atoms with Crippen molar-refractivity contribution in [3.8, 4) is 0 Å². The first-order valence-electron chi connectivity index (χ1n) is 8.33. The number of anilines is 1. The minimum atomic E-state index is -0.0728. The maximum atomic E-state index is 13.1. The molecule has 2 amide bonds. The minimum Gasteiger partial charge on any atom is -0.349 e. The van der Waals surface area contributed by atoms with Gasteiger partial charge in [-0.1, -0.05) is 33.6 Å². The van der Waals surface area contributed by atoms with Gasteiger partial charge in [0.15, 0.2) is 0 Å². The van der Waals surface area contributed by atoms with Crippen molar-refractivity contribution in [1.82, 2.24) is 5.32 Å². The molecule has 0 aliphatic carbocycles. The summed E-state index contributed by atoms with van der Waals surface area (Å²) in [5.41, 5.74) is 3.63. The van der Waals surface area contributed by atoms with Gasteiger partial charge in [-0.2, -0.15) is 0 Å². The maximum absolute atomic E-state index is 13.1. The Labute approximate surface area is 156 Å². The average Bonchev–Trinajstić information content (AvgIpc) is 2.55. The van der Waals surface area contributed by atoms with E-state index < -0.39 is 0 Å². The van der Waals surface area contributed by atoms with Gasteiger partial charge in [-0.25, -0.2) is 0 Å². The lowest BCUT2D eigenvalue weighted by molar-refractivity contribution is -0.119. The third kappa shape index (κ3) is 3.61. The van der Waals surface area contributed by atoms with Crippen molar-refractivity contribution in [2.75, 3.05) is 4.90 Å². The molecule has 1 aliphatic heterocycles. The molecule has 25 heavy (non-hydrogen) atoms. The summed E-state index contributed by atoms with van der Waals surface area (Å²) in [5, 5.41) is 3.02. The van der Waals surface area contributed by atoms with Crippen molar-refractivity contribution in [3.63, 3.8) is 0 Å². The standard InChI is InChI=1S/C20H21BrN2O2/c1-12-4-9-19-17(10-12)18(22-14(3)24)11-13(2)23(19)20(25)15-5-7-16(21)8-6-15/h4-10,13,18H,11H2,1-3H3,(H,22,24)/t13-,18+/m1/s1. The molecule has 1 aliphatic rings. The highest BCUT2D eigenvalue weighted by Gasteiger charge is 2.34. The van der Waals surface area contributed by atoms with Gasteiger partial charge in [0, 0.05) is 28.7 Å². The molecule has 0 radical (unpaired) electrons. The average molecular weight is 401 g/mol. The van der Waals surface area contributed by atoms with Crippen molar-refractivity contribution in [2.24, 2.45) is 0 Å². The summed E-state index contributed by atoms with van der Waals surface area (Å²) in [6.45, 7) is 5.57. The van der Waals surface area contributed by atoms with E-state index >= 15 is 0 Å². The number of hydrogen-bond acceptors (Lipinski definition) is 2. The van der Waals surface area contributed by atoms with Crippen LogP contribution in [0.4, 0.5) is 5.69 Å². The fourth-order valence-electron chi connectivity index (χ4n) is 3.41. The number of benzene rings is 2. The zero-order valence-electron chi connectivity index (χ0n) is 14.5. The van der Waals surface area contributed by atoms with E-state index in [0.29, 0.717) is 12.0 Å². The highest BCUT2D eigenvalue weighted by molar-refractivity contribution is 9.10. The Morgan fingerprint density at radius 2 is 1.84 bits per heavy atom. The number of nitrogens with zero attached hydrogens (tertiary/aromatic N) is 1. The molecule has 0 unspecified atom stereocenters. The van der Waals surface area contributed by atoms with Gasteiger partial charge < -0.3 is 10.2 Å². The summed E-state index contributed by atoms with van der Waals surface area (Å²) in [4.78, 5) is 26.6. The van der Waals surface area contributed by atoms with Crippen molar-refractivity contribution in [1.29, 1.82) is 0 Å². The zero-order valence-corrected chi connectivity index (χ0v) is 16.1. The number of hydrogen-bond donors (Lipinski definition) is 1. The van der Waals surface area contributed by atoms with Crippen LogP contribution in [-0.2, 0) is 4.79 Å². The van der Waals surface area contributed by atoms with Crippen LogP contribution in [0.15, 0.2) is 46.9 Å². The molecule has 0 spiro atoms. The lowest BCUT2D eigenvalue weighted by Gasteiger charge is -2.39. The number of rotatable bonds is 2. The first kappa shape index (κ1) is 17.7. The summed E-state index contributed by atoms with van der Waals surface area (Å²) >= 11 is 3.40. The zero-order chi connectivity index (χ0) is 18.1. The SMILES string of the molecule is CC(=O)N[C@H]1C[C@@H](C)N(C(=O)c2ccc(Br)cc2)c2ccc(C)cc21. The molecule has 5 heteroatoms. The van der Waals surface area contributed by atoms with Crippen LogP contribution >= 0.6 is 15.9 Å². The highest BCUT2D eigenvalue weighted by Crippen LogP contribution is 2.38. The van der Waals surface area contributed by atoms with Crippen LogP contribution in [0.2, 0.25) is 0 Å². The third-order valence-electron chi connectivity index (χ3n) is 4.52. The topological polar surface area (TPSA) is 49.4 Å². The van der Waals surface area contributed by atoms with Crippen LogP contribution in [0.1, 0.15) is 47.8 Å². The number of fused-ring (bicyclic) bond motifs is 1. The van der Waals surface area contributed by atoms with Crippen LogP contribution in [0.3, 0.4) is 0 Å². The Kier molecular flexibility index (Phi) is 4.95. The first-order chi connectivity index (χ1) is 11.9. The number of carbonyl (C=O) groups is 2. The van der Waals surface area contributed by atoms with Crippen molar-refractivity contribution in [2.45, 2.75) is 39.3 Å². The summed E-state index contributed by atoms with van der Waals surface area (Å²) in [6.07, 6.45) is 0.693. The normalized spacial score (nSPS) is 19.3. The molecule has 4 nitrogen and oxygen atoms in total. The largest absolute Gasteiger partial charge is 0.349 e. The molecule has 0 fully saturated rings. The maximum Gasteiger partial charge on any atom is 0.258 e. The van der Waals surface area contributed by atoms with Crippen LogP contribution in [0.5, 0.6) is 0 Å². The monoisotopic (exact) mass is 400 g/mol. The Morgan fingerprint density at radius 1 is 1.16 bits per heavy atom. The summed E-state index contributed by atoms with van der Waals surface area (Å²) in [7, 11) is 0. The molecular formula is C20H21BrN2O2. The summed E-state index contributed by atoms with van der Waals surface area (Å²) < 4.78 is 0.942. The van der Waals surface area contributed by atoms with Gasteiger partial charge >= 0.3 is 0 Å². The fraction of sp³-hybridized carbons (Fsp3) is 0.300. The molecule has 2 aromatic carbocycles. The number of halogens is 1. The summed E-state index contributed by atoms with van der Waals surface area (Å²) in [5.74, 6) is -0.0799. The molecular weight excluding hydrogens is 380 g/mol. The van der Waals surface area contributed by atoms with Gasteiger partial charge in [0.1, 0.15) is 0 Å². The molecule has 2 aromatic rings. The molecule has 0 aromatic heterocycles. The lowest BCUT2D eigenvalue weighted by atomic mass is 9.90. The Bertz CT molecular complexity index is 817. The Morgan fingerprint density at radius 3 is 2.48 bits per heavy atom. The van der Waals surface area contributed by atoms with E-state index in [1.807, 2.05) is 55.1 Å². The highest BCUT2D eigenvalue weighted by atomic mass is 79.9. The Balaban J connectivity index is 2.03. The second-order valence-electron chi connectivity index (χ2n) is 6.58. The van der Waals surface area contributed by atoms with Crippen LogP contribution in [-0.4, -0.2) is 17.9 Å². The lowest BCUT2D eigenvalue weighted by Crippen LogP contribution is -2.46. The van der Waals surface area contributed by atoms with Crippen LogP contribution in [0.25, 0.3) is 0 Å². The molecule has 1 heterocycles. The summed E-state index contributed by atoms with van der Waals surface area (Å²) in [6, 6.07) is 13.4. The smallest absolute Gasteiger partial charge is 0.258 e. The van der Waals surface area contributed by atoms with Crippen LogP contribution < -0.4 is 10.2 Å². The molecule has 130 valence electrons. The number of amides is 2. The minimum absolute atomic E-state index is 0.0109. The van der Waals surface area contributed by atoms with E-state index in [9.17, 15) is 9.59 Å². The van der Waals surface area contributed by atoms with Gasteiger partial charge in [0.25, 0.3) is 5.91 Å². The number of nitrogens with one attached hydrogen (secondary N) is 1. The molecule has 0 saturated carbocycles. The molecule has 1 N–H and O–H groups in total. The molecule has 2 atom stereocenters. The van der Waals surface area contributed by atoms with Gasteiger partial charge in [0.2, 0.25) is 5.91 Å². The number of aryl methyl sites for hydroxylation is 1. The van der Waals surface area contributed by atoms with E-state index in [1.54, 1.807) is 0 Å². The van der Waals surface area contributed by atoms with E-state index in [4.69, 9.17) is 0 Å². The van der Waals surface area contributed by atoms with Gasteiger partial charge in [-0.3, -0.25) is 9.59 Å². The van der Waals surface area contributed by atoms with E-state index in [1.165, 1.54) is 6.92 Å². The molecule has 3 rings (SSSR count). The molecule has 0 saturated heterocycles. The third-order valence-corrected chi connectivity index (χ3v) is 5.05. The predicted octanol–water partition coefficient (Wildman–Crippen LogP) is 4.37. The van der Waals surface area contributed by atoms with Gasteiger partial charge in [-0.05, 0) is 56.2 Å². The van der Waals surface area contributed by atoms with Gasteiger partial charge in [-0.15, -0.1) is 0 Å². The van der Waals surface area contributed by atoms with E-state index in [0.717, 1.165) is 21.3 Å². The van der Waals surface area contributed by atoms with Crippen molar-refractivity contribution < 1.29 is 9.59 Å². The molecule has 0 bridgehead atoms. The van der Waals surface area contributed by atoms with Gasteiger partial charge in [0.05, 0.1) is 6.04 Å². The van der Waals surface area contributed by atoms with Crippen molar-refractivity contribution in [3.05, 3.63) is 63.6 Å². The predicted molar refractivity (Wildman–Crippen MR) is 103 cm³/mol. The quantitative estimate of drug-likeness (QED) is 0.812. The van der Waals surface area contributed by atoms with E-state index in [2.05, 4.69) is 27.3 Å². The second-order valence-corrected chi connectivity index (χ2v) is 7.50. The van der Waals surface area contributed by atoms with Crippen molar-refractivity contribution >= 4 is 33.4 Å². The Hall–Kier alpha value is -2.14. The fourth-order valence-corrected chi connectivity index (χ4v) is 3.67. The first-order valence-corrected chi connectivity index (χ1v) is 9.13. The van der Waals surface area contributed by atoms with E-state index in [-0.39, 0.29) is 23.9 Å². The second kappa shape index (κ2) is 7.00. The number of carbonyl (C=O) groups excluding carboxylic acids is 2. The van der Waals surface area contributed by atoms with Crippen LogP contribution in [0, 0.1) is 6.92 Å².